The highest BCUT2D eigenvalue weighted by Gasteiger charge is 2.24. The number of anilines is 1. The number of benzene rings is 1. The lowest BCUT2D eigenvalue weighted by molar-refractivity contribution is 0.302. The third-order valence-corrected chi connectivity index (χ3v) is 4.04. The first kappa shape index (κ1) is 16.0. The SMILES string of the molecule is CCNCC(C)(CC)CN(C)c1ccc(C)cc1C. The van der Waals surface area contributed by atoms with Crippen molar-refractivity contribution in [1.82, 2.24) is 5.32 Å². The lowest BCUT2D eigenvalue weighted by Crippen LogP contribution is -2.41. The van der Waals surface area contributed by atoms with Crippen molar-refractivity contribution < 1.29 is 0 Å². The van der Waals surface area contributed by atoms with Gasteiger partial charge in [-0.05, 0) is 43.9 Å². The van der Waals surface area contributed by atoms with Crippen molar-refractivity contribution in [2.75, 3.05) is 31.6 Å². The molecule has 0 saturated carbocycles. The van der Waals surface area contributed by atoms with Gasteiger partial charge in [-0.3, -0.25) is 0 Å². The zero-order chi connectivity index (χ0) is 14.5. The minimum absolute atomic E-state index is 0.322. The van der Waals surface area contributed by atoms with Crippen molar-refractivity contribution >= 4 is 5.69 Å². The summed E-state index contributed by atoms with van der Waals surface area (Å²) in [5, 5.41) is 3.49. The van der Waals surface area contributed by atoms with E-state index in [9.17, 15) is 0 Å². The van der Waals surface area contributed by atoms with Gasteiger partial charge >= 0.3 is 0 Å². The standard InChI is InChI=1S/C17H30N2/c1-7-17(5,12-18-8-2)13-19(6)16-10-9-14(3)11-15(16)4/h9-11,18H,7-8,12-13H2,1-6H3. The van der Waals surface area contributed by atoms with Crippen LogP contribution in [-0.2, 0) is 0 Å². The molecule has 0 aliphatic rings. The van der Waals surface area contributed by atoms with Gasteiger partial charge in [0.25, 0.3) is 0 Å². The van der Waals surface area contributed by atoms with E-state index in [0.29, 0.717) is 5.41 Å². The normalized spacial score (nSPS) is 14.2. The summed E-state index contributed by atoms with van der Waals surface area (Å²) in [6.07, 6.45) is 1.19. The van der Waals surface area contributed by atoms with Gasteiger partial charge in [0.2, 0.25) is 0 Å². The van der Waals surface area contributed by atoms with Crippen LogP contribution in [0.4, 0.5) is 5.69 Å². The largest absolute Gasteiger partial charge is 0.374 e. The van der Waals surface area contributed by atoms with Gasteiger partial charge in [0.15, 0.2) is 0 Å². The van der Waals surface area contributed by atoms with E-state index in [0.717, 1.165) is 19.6 Å². The Morgan fingerprint density at radius 1 is 1.21 bits per heavy atom. The first-order chi connectivity index (χ1) is 8.91. The molecule has 1 N–H and O–H groups in total. The van der Waals surface area contributed by atoms with Gasteiger partial charge in [-0.1, -0.05) is 38.5 Å². The molecule has 1 atom stereocenters. The average molecular weight is 262 g/mol. The predicted octanol–water partition coefficient (Wildman–Crippen LogP) is 3.77. The highest BCUT2D eigenvalue weighted by Crippen LogP contribution is 2.26. The van der Waals surface area contributed by atoms with Crippen LogP contribution in [0.1, 0.15) is 38.3 Å². The molecule has 1 aromatic rings. The van der Waals surface area contributed by atoms with E-state index in [4.69, 9.17) is 0 Å². The molecule has 0 aliphatic heterocycles. The van der Waals surface area contributed by atoms with Crippen molar-refractivity contribution in [1.29, 1.82) is 0 Å². The maximum absolute atomic E-state index is 3.49. The third kappa shape index (κ3) is 4.54. The van der Waals surface area contributed by atoms with Crippen LogP contribution in [0, 0.1) is 19.3 Å². The van der Waals surface area contributed by atoms with Crippen LogP contribution in [0.5, 0.6) is 0 Å². The Balaban J connectivity index is 2.79. The van der Waals surface area contributed by atoms with E-state index in [-0.39, 0.29) is 0 Å². The Kier molecular flexibility index (Phi) is 5.86. The average Bonchev–Trinajstić information content (AvgIpc) is 2.36. The van der Waals surface area contributed by atoms with Crippen molar-refractivity contribution in [2.45, 2.75) is 41.0 Å². The molecule has 0 radical (unpaired) electrons. The zero-order valence-corrected chi connectivity index (χ0v) is 13.5. The van der Waals surface area contributed by atoms with Crippen molar-refractivity contribution in [3.63, 3.8) is 0 Å². The summed E-state index contributed by atoms with van der Waals surface area (Å²) < 4.78 is 0. The molecular formula is C17H30N2. The second-order valence-corrected chi connectivity index (χ2v) is 6.09. The quantitative estimate of drug-likeness (QED) is 0.805. The van der Waals surface area contributed by atoms with Gasteiger partial charge in [-0.2, -0.15) is 0 Å². The monoisotopic (exact) mass is 262 g/mol. The summed E-state index contributed by atoms with van der Waals surface area (Å²) in [4.78, 5) is 2.40. The lowest BCUT2D eigenvalue weighted by atomic mass is 9.86. The smallest absolute Gasteiger partial charge is 0.0393 e. The first-order valence-electron chi connectivity index (χ1n) is 7.41. The van der Waals surface area contributed by atoms with E-state index in [1.54, 1.807) is 0 Å². The van der Waals surface area contributed by atoms with Gasteiger partial charge in [0.1, 0.15) is 0 Å². The molecule has 2 heteroatoms. The third-order valence-electron chi connectivity index (χ3n) is 4.04. The Bertz CT molecular complexity index is 400. The molecule has 0 amide bonds. The fourth-order valence-corrected chi connectivity index (χ4v) is 2.61. The molecule has 108 valence electrons. The molecule has 0 saturated heterocycles. The summed E-state index contributed by atoms with van der Waals surface area (Å²) in [6.45, 7) is 14.4. The van der Waals surface area contributed by atoms with Crippen LogP contribution in [-0.4, -0.2) is 26.7 Å². The minimum atomic E-state index is 0.322. The van der Waals surface area contributed by atoms with Crippen molar-refractivity contribution in [3.05, 3.63) is 29.3 Å². The van der Waals surface area contributed by atoms with Gasteiger partial charge in [-0.25, -0.2) is 0 Å². The van der Waals surface area contributed by atoms with Crippen LogP contribution in [0.15, 0.2) is 18.2 Å². The Labute approximate surface area is 119 Å². The molecule has 0 heterocycles. The van der Waals surface area contributed by atoms with Crippen LogP contribution >= 0.6 is 0 Å². The Morgan fingerprint density at radius 3 is 2.42 bits per heavy atom. The Hall–Kier alpha value is -1.02. The van der Waals surface area contributed by atoms with E-state index >= 15 is 0 Å². The van der Waals surface area contributed by atoms with Crippen molar-refractivity contribution in [3.8, 4) is 0 Å². The van der Waals surface area contributed by atoms with E-state index in [2.05, 4.69) is 70.1 Å². The fourth-order valence-electron chi connectivity index (χ4n) is 2.61. The van der Waals surface area contributed by atoms with Crippen LogP contribution in [0.25, 0.3) is 0 Å². The van der Waals surface area contributed by atoms with Gasteiger partial charge in [-0.15, -0.1) is 0 Å². The fraction of sp³-hybridized carbons (Fsp3) is 0.647. The maximum Gasteiger partial charge on any atom is 0.0393 e. The van der Waals surface area contributed by atoms with Gasteiger partial charge in [0, 0.05) is 25.8 Å². The number of hydrogen-bond acceptors (Lipinski definition) is 2. The summed E-state index contributed by atoms with van der Waals surface area (Å²) in [5.41, 5.74) is 4.37. The molecule has 2 nitrogen and oxygen atoms in total. The van der Waals surface area contributed by atoms with E-state index in [1.807, 2.05) is 0 Å². The summed E-state index contributed by atoms with van der Waals surface area (Å²) in [5.74, 6) is 0. The number of nitrogens with one attached hydrogen (secondary N) is 1. The van der Waals surface area contributed by atoms with Crippen LogP contribution in [0.2, 0.25) is 0 Å². The highest BCUT2D eigenvalue weighted by molar-refractivity contribution is 5.53. The summed E-state index contributed by atoms with van der Waals surface area (Å²) >= 11 is 0. The van der Waals surface area contributed by atoms with Crippen molar-refractivity contribution in [2.24, 2.45) is 5.41 Å². The zero-order valence-electron chi connectivity index (χ0n) is 13.5. The highest BCUT2D eigenvalue weighted by atomic mass is 15.1. The number of hydrogen-bond donors (Lipinski definition) is 1. The van der Waals surface area contributed by atoms with E-state index < -0.39 is 0 Å². The lowest BCUT2D eigenvalue weighted by Gasteiger charge is -2.35. The molecule has 1 rings (SSSR count). The molecule has 0 fully saturated rings. The Morgan fingerprint density at radius 2 is 1.89 bits per heavy atom. The van der Waals surface area contributed by atoms with Crippen LogP contribution < -0.4 is 10.2 Å². The molecule has 19 heavy (non-hydrogen) atoms. The van der Waals surface area contributed by atoms with Gasteiger partial charge in [0.05, 0.1) is 0 Å². The second kappa shape index (κ2) is 6.95. The number of rotatable bonds is 7. The summed E-state index contributed by atoms with van der Waals surface area (Å²) in [6, 6.07) is 6.71. The molecule has 0 bridgehead atoms. The minimum Gasteiger partial charge on any atom is -0.374 e. The molecular weight excluding hydrogens is 232 g/mol. The maximum atomic E-state index is 3.49. The number of aryl methyl sites for hydroxylation is 2. The van der Waals surface area contributed by atoms with E-state index in [1.165, 1.54) is 23.2 Å². The second-order valence-electron chi connectivity index (χ2n) is 6.09. The molecule has 1 unspecified atom stereocenters. The summed E-state index contributed by atoms with van der Waals surface area (Å²) in [7, 11) is 2.21. The molecule has 1 aromatic carbocycles. The van der Waals surface area contributed by atoms with Crippen LogP contribution in [0.3, 0.4) is 0 Å². The van der Waals surface area contributed by atoms with Gasteiger partial charge < -0.3 is 10.2 Å². The molecule has 0 aliphatic carbocycles. The predicted molar refractivity (Wildman–Crippen MR) is 86.1 cm³/mol. The molecule has 0 spiro atoms. The number of nitrogens with zero attached hydrogens (tertiary/aromatic N) is 1. The first-order valence-corrected chi connectivity index (χ1v) is 7.41. The topological polar surface area (TPSA) is 15.3 Å². The molecule has 0 aromatic heterocycles.